The fraction of sp³-hybridized carbons (Fsp3) is 0.0667. The molecule has 0 aromatic carbocycles. The maximum Gasteiger partial charge on any atom is 0.155 e. The molecule has 0 amide bonds. The predicted molar refractivity (Wildman–Crippen MR) is 79.8 cm³/mol. The zero-order chi connectivity index (χ0) is 13.1. The van der Waals surface area contributed by atoms with Crippen molar-refractivity contribution in [3.8, 4) is 11.5 Å². The van der Waals surface area contributed by atoms with E-state index in [-0.39, 0.29) is 0 Å². The summed E-state index contributed by atoms with van der Waals surface area (Å²) in [6.07, 6.45) is 9.55. The van der Waals surface area contributed by atoms with Gasteiger partial charge in [-0.25, -0.2) is 4.98 Å². The first-order valence-corrected chi connectivity index (χ1v) is 6.83. The van der Waals surface area contributed by atoms with E-state index < -0.39 is 0 Å². The van der Waals surface area contributed by atoms with Crippen LogP contribution < -0.4 is 0 Å². The fourth-order valence-electron chi connectivity index (χ4n) is 1.81. The van der Waals surface area contributed by atoms with Crippen LogP contribution in [0.1, 0.15) is 15.3 Å². The standard InChI is InChI=1S/C15H13N3S/c1-11-2-4-13(19-11)5-3-12-6-7-16-14(10-12)15-17-8-9-18-15/h2-10H,1H3,(H,17,18)/b5-3+. The smallest absolute Gasteiger partial charge is 0.155 e. The summed E-state index contributed by atoms with van der Waals surface area (Å²) in [7, 11) is 0. The Morgan fingerprint density at radius 2 is 2.05 bits per heavy atom. The van der Waals surface area contributed by atoms with Crippen LogP contribution in [0.3, 0.4) is 0 Å². The average molecular weight is 267 g/mol. The summed E-state index contributed by atoms with van der Waals surface area (Å²) in [5.41, 5.74) is 1.97. The average Bonchev–Trinajstić information content (AvgIpc) is 3.08. The third-order valence-electron chi connectivity index (χ3n) is 2.73. The summed E-state index contributed by atoms with van der Waals surface area (Å²) in [4.78, 5) is 14.2. The molecule has 0 saturated heterocycles. The van der Waals surface area contributed by atoms with Crippen LogP contribution in [0, 0.1) is 6.92 Å². The lowest BCUT2D eigenvalue weighted by Gasteiger charge is -1.97. The molecule has 3 nitrogen and oxygen atoms in total. The van der Waals surface area contributed by atoms with Gasteiger partial charge in [0.1, 0.15) is 5.69 Å². The van der Waals surface area contributed by atoms with E-state index in [1.807, 2.05) is 12.1 Å². The van der Waals surface area contributed by atoms with Gasteiger partial charge in [-0.3, -0.25) is 4.98 Å². The summed E-state index contributed by atoms with van der Waals surface area (Å²) in [5, 5.41) is 0. The fourth-order valence-corrected chi connectivity index (χ4v) is 2.59. The van der Waals surface area contributed by atoms with Crippen LogP contribution in [-0.2, 0) is 0 Å². The minimum Gasteiger partial charge on any atom is -0.343 e. The third kappa shape index (κ3) is 2.80. The van der Waals surface area contributed by atoms with Crippen molar-refractivity contribution in [1.82, 2.24) is 15.0 Å². The first kappa shape index (κ1) is 11.9. The van der Waals surface area contributed by atoms with Gasteiger partial charge in [0.25, 0.3) is 0 Å². The topological polar surface area (TPSA) is 41.6 Å². The molecule has 1 N–H and O–H groups in total. The summed E-state index contributed by atoms with van der Waals surface area (Å²) in [5.74, 6) is 0.794. The molecule has 0 aliphatic carbocycles. The van der Waals surface area contributed by atoms with Gasteiger partial charge in [0.2, 0.25) is 0 Å². The Morgan fingerprint density at radius 3 is 2.79 bits per heavy atom. The van der Waals surface area contributed by atoms with Crippen LogP contribution in [0.4, 0.5) is 0 Å². The van der Waals surface area contributed by atoms with Crippen molar-refractivity contribution in [2.24, 2.45) is 0 Å². The second kappa shape index (κ2) is 5.20. The van der Waals surface area contributed by atoms with E-state index in [9.17, 15) is 0 Å². The Hall–Kier alpha value is -2.20. The number of thiophene rings is 1. The van der Waals surface area contributed by atoms with Crippen molar-refractivity contribution in [3.63, 3.8) is 0 Å². The molecule has 0 atom stereocenters. The molecule has 0 spiro atoms. The number of aromatic amines is 1. The number of hydrogen-bond acceptors (Lipinski definition) is 3. The molecule has 0 saturated carbocycles. The molecule has 0 aliphatic rings. The van der Waals surface area contributed by atoms with Crippen molar-refractivity contribution in [2.45, 2.75) is 6.92 Å². The molecule has 0 bridgehead atoms. The number of nitrogens with one attached hydrogen (secondary N) is 1. The molecule has 0 radical (unpaired) electrons. The van der Waals surface area contributed by atoms with Crippen molar-refractivity contribution >= 4 is 23.5 Å². The first-order chi connectivity index (χ1) is 9.31. The van der Waals surface area contributed by atoms with Crippen molar-refractivity contribution < 1.29 is 0 Å². The highest BCUT2D eigenvalue weighted by Crippen LogP contribution is 2.19. The summed E-state index contributed by atoms with van der Waals surface area (Å²) >= 11 is 1.79. The number of rotatable bonds is 3. The molecule has 3 heterocycles. The van der Waals surface area contributed by atoms with Crippen molar-refractivity contribution in [2.75, 3.05) is 0 Å². The lowest BCUT2D eigenvalue weighted by atomic mass is 10.2. The molecule has 4 heteroatoms. The minimum atomic E-state index is 0.794. The third-order valence-corrected chi connectivity index (χ3v) is 3.69. The number of aryl methyl sites for hydroxylation is 1. The summed E-state index contributed by atoms with van der Waals surface area (Å²) in [6.45, 7) is 2.11. The van der Waals surface area contributed by atoms with Gasteiger partial charge in [0.15, 0.2) is 5.82 Å². The first-order valence-electron chi connectivity index (χ1n) is 6.01. The lowest BCUT2D eigenvalue weighted by molar-refractivity contribution is 1.22. The van der Waals surface area contributed by atoms with Crippen molar-refractivity contribution in [3.05, 3.63) is 58.2 Å². The SMILES string of the molecule is Cc1ccc(/C=C/c2ccnc(-c3ncc[nH]3)c2)s1. The molecule has 3 aromatic heterocycles. The Morgan fingerprint density at radius 1 is 1.11 bits per heavy atom. The highest BCUT2D eigenvalue weighted by molar-refractivity contribution is 7.12. The number of aromatic nitrogens is 3. The van der Waals surface area contributed by atoms with Gasteiger partial charge >= 0.3 is 0 Å². The molecule has 3 aromatic rings. The molecular formula is C15H13N3S. The van der Waals surface area contributed by atoms with E-state index in [0.717, 1.165) is 17.1 Å². The van der Waals surface area contributed by atoms with Crippen LogP contribution in [0.25, 0.3) is 23.7 Å². The molecule has 94 valence electrons. The molecule has 0 aliphatic heterocycles. The number of H-pyrrole nitrogens is 1. The number of imidazole rings is 1. The van der Waals surface area contributed by atoms with Gasteiger partial charge in [-0.1, -0.05) is 6.08 Å². The summed E-state index contributed by atoms with van der Waals surface area (Å²) in [6, 6.07) is 8.27. The zero-order valence-electron chi connectivity index (χ0n) is 10.5. The molecular weight excluding hydrogens is 254 g/mol. The van der Waals surface area contributed by atoms with Gasteiger partial charge in [0.05, 0.1) is 0 Å². The zero-order valence-corrected chi connectivity index (χ0v) is 11.3. The lowest BCUT2D eigenvalue weighted by Crippen LogP contribution is -1.85. The van der Waals surface area contributed by atoms with Crippen LogP contribution in [0.5, 0.6) is 0 Å². The molecule has 0 fully saturated rings. The quantitative estimate of drug-likeness (QED) is 0.779. The number of pyridine rings is 1. The maximum atomic E-state index is 4.32. The Kier molecular flexibility index (Phi) is 3.25. The van der Waals surface area contributed by atoms with E-state index in [4.69, 9.17) is 0 Å². The molecule has 0 unspecified atom stereocenters. The number of nitrogens with zero attached hydrogens (tertiary/aromatic N) is 2. The van der Waals surface area contributed by atoms with Crippen LogP contribution >= 0.6 is 11.3 Å². The molecule has 3 rings (SSSR count). The monoisotopic (exact) mass is 267 g/mol. The minimum absolute atomic E-state index is 0.794. The van der Waals surface area contributed by atoms with E-state index in [1.54, 1.807) is 29.9 Å². The van der Waals surface area contributed by atoms with Crippen LogP contribution in [0.15, 0.2) is 42.9 Å². The molecule has 19 heavy (non-hydrogen) atoms. The largest absolute Gasteiger partial charge is 0.343 e. The highest BCUT2D eigenvalue weighted by Gasteiger charge is 2.01. The van der Waals surface area contributed by atoms with Gasteiger partial charge in [-0.2, -0.15) is 0 Å². The second-order valence-electron chi connectivity index (χ2n) is 4.19. The Labute approximate surface area is 115 Å². The van der Waals surface area contributed by atoms with Gasteiger partial charge in [0, 0.05) is 28.3 Å². The van der Waals surface area contributed by atoms with E-state index in [1.165, 1.54) is 9.75 Å². The van der Waals surface area contributed by atoms with Gasteiger partial charge in [-0.15, -0.1) is 11.3 Å². The van der Waals surface area contributed by atoms with Crippen molar-refractivity contribution in [1.29, 1.82) is 0 Å². The highest BCUT2D eigenvalue weighted by atomic mass is 32.1. The Balaban J connectivity index is 1.86. The van der Waals surface area contributed by atoms with Gasteiger partial charge < -0.3 is 4.98 Å². The predicted octanol–water partition coefficient (Wildman–Crippen LogP) is 4.01. The van der Waals surface area contributed by atoms with Crippen LogP contribution in [0.2, 0.25) is 0 Å². The van der Waals surface area contributed by atoms with E-state index >= 15 is 0 Å². The van der Waals surface area contributed by atoms with Gasteiger partial charge in [-0.05, 0) is 42.8 Å². The number of hydrogen-bond donors (Lipinski definition) is 1. The Bertz CT molecular complexity index is 696. The summed E-state index contributed by atoms with van der Waals surface area (Å²) < 4.78 is 0. The normalized spacial score (nSPS) is 11.2. The second-order valence-corrected chi connectivity index (χ2v) is 5.51. The maximum absolute atomic E-state index is 4.32. The van der Waals surface area contributed by atoms with Crippen LogP contribution in [-0.4, -0.2) is 15.0 Å². The van der Waals surface area contributed by atoms with E-state index in [0.29, 0.717) is 0 Å². The van der Waals surface area contributed by atoms with E-state index in [2.05, 4.69) is 46.2 Å².